The van der Waals surface area contributed by atoms with Crippen molar-refractivity contribution in [3.8, 4) is 0 Å². The first kappa shape index (κ1) is 26.1. The molecule has 0 unspecified atom stereocenters. The minimum absolute atomic E-state index is 0.0124. The third kappa shape index (κ3) is 5.10. The number of fused-ring (bicyclic) bond motifs is 2. The summed E-state index contributed by atoms with van der Waals surface area (Å²) in [6.45, 7) is -0.161. The van der Waals surface area contributed by atoms with E-state index in [0.717, 1.165) is 16.2 Å². The van der Waals surface area contributed by atoms with Gasteiger partial charge in [-0.15, -0.1) is 0 Å². The summed E-state index contributed by atoms with van der Waals surface area (Å²) in [7, 11) is 0. The van der Waals surface area contributed by atoms with E-state index in [1.165, 1.54) is 29.0 Å². The quantitative estimate of drug-likeness (QED) is 0.290. The number of carbonyl (C=O) groups is 3. The largest absolute Gasteiger partial charge is 0.617 e. The summed E-state index contributed by atoms with van der Waals surface area (Å²) in [5.41, 5.74) is 0.641. The van der Waals surface area contributed by atoms with Gasteiger partial charge in [0.05, 0.1) is 29.2 Å². The van der Waals surface area contributed by atoms with Gasteiger partial charge in [-0.05, 0) is 35.8 Å². The highest BCUT2D eigenvalue weighted by molar-refractivity contribution is 7.90. The minimum Gasteiger partial charge on any atom is -0.617 e. The molecule has 0 fully saturated rings. The molecule has 0 spiro atoms. The average molecular weight is 575 g/mol. The number of hydrogen-bond acceptors (Lipinski definition) is 7. The molecule has 2 aromatic heterocycles. The summed E-state index contributed by atoms with van der Waals surface area (Å²) < 4.78 is 32.1. The Labute approximate surface area is 227 Å². The van der Waals surface area contributed by atoms with Crippen LogP contribution >= 0.6 is 23.1 Å². The number of nitrogens with zero attached hydrogens (tertiary/aromatic N) is 3. The summed E-state index contributed by atoms with van der Waals surface area (Å²) in [6.07, 6.45) is 1.51. The Morgan fingerprint density at radius 2 is 2.08 bits per heavy atom. The minimum atomic E-state index is -1.13. The summed E-state index contributed by atoms with van der Waals surface area (Å²) in [5.74, 6) is -2.18. The number of rotatable bonds is 7. The van der Waals surface area contributed by atoms with E-state index in [1.807, 2.05) is 12.1 Å². The Bertz CT molecular complexity index is 1570. The molecule has 10 nitrogen and oxygen atoms in total. The number of benzene rings is 2. The van der Waals surface area contributed by atoms with Crippen LogP contribution in [0.1, 0.15) is 38.4 Å². The molecular weight excluding hydrogens is 555 g/mol. The van der Waals surface area contributed by atoms with E-state index in [2.05, 4.69) is 25.3 Å². The van der Waals surface area contributed by atoms with Crippen LogP contribution in [0.25, 0.3) is 10.1 Å². The van der Waals surface area contributed by atoms with Gasteiger partial charge in [0.25, 0.3) is 11.8 Å². The van der Waals surface area contributed by atoms with Gasteiger partial charge in [0.1, 0.15) is 23.8 Å². The molecule has 1 aliphatic heterocycles. The first-order valence-electron chi connectivity index (χ1n) is 11.3. The van der Waals surface area contributed by atoms with Gasteiger partial charge in [-0.2, -0.15) is 4.37 Å². The topological polar surface area (TPSA) is 141 Å². The van der Waals surface area contributed by atoms with Crippen LogP contribution in [-0.4, -0.2) is 54.8 Å². The second-order valence-corrected chi connectivity index (χ2v) is 11.2. The molecule has 3 amide bonds. The van der Waals surface area contributed by atoms with Crippen LogP contribution < -0.4 is 16.0 Å². The lowest BCUT2D eigenvalue weighted by Gasteiger charge is -2.28. The second kappa shape index (κ2) is 10.7. The molecule has 196 valence electrons. The van der Waals surface area contributed by atoms with Crippen molar-refractivity contribution in [2.75, 3.05) is 23.9 Å². The van der Waals surface area contributed by atoms with E-state index < -0.39 is 40.8 Å². The number of hydrogen-bond donors (Lipinski definition) is 3. The number of halogens is 2. The molecule has 2 aromatic carbocycles. The van der Waals surface area contributed by atoms with Gasteiger partial charge in [0.15, 0.2) is 5.82 Å². The van der Waals surface area contributed by atoms with Crippen molar-refractivity contribution in [2.45, 2.75) is 12.6 Å². The van der Waals surface area contributed by atoms with Gasteiger partial charge < -0.3 is 25.1 Å². The maximum atomic E-state index is 14.2. The Hall–Kier alpha value is -3.52. The Kier molecular flexibility index (Phi) is 7.34. The molecule has 5 rings (SSSR count). The highest BCUT2D eigenvalue weighted by Gasteiger charge is 2.36. The van der Waals surface area contributed by atoms with Gasteiger partial charge in [-0.1, -0.05) is 41.0 Å². The van der Waals surface area contributed by atoms with Gasteiger partial charge in [0, 0.05) is 16.0 Å². The molecule has 3 N–H and O–H groups in total. The number of nitrogens with one attached hydrogen (secondary N) is 3. The molecule has 4 aromatic rings. The smallest absolute Gasteiger partial charge is 0.287 e. The van der Waals surface area contributed by atoms with Crippen molar-refractivity contribution in [2.24, 2.45) is 0 Å². The third-order valence-electron chi connectivity index (χ3n) is 5.86. The standard InChI is InChI=1S/C24H20ClFN6O4S2/c1-38(36)9-8-27-24(35)22-29-21(30-23(34)19-13-4-2-3-5-16(13)37-31-19)20-18(28-17(33)11-32(20)22)14-10-12(26)6-7-15(14)25/h2-7,10,18H,8-9,11H2,1H3,(H,27,35)(H,28,33)(H,30,34)/t18-,38-/m0/s1. The molecule has 0 bridgehead atoms. The van der Waals surface area contributed by atoms with E-state index in [-0.39, 0.29) is 52.5 Å². The zero-order valence-corrected chi connectivity index (χ0v) is 22.2. The normalized spacial score (nSPS) is 15.6. The summed E-state index contributed by atoms with van der Waals surface area (Å²) in [6, 6.07) is 9.92. The molecule has 14 heteroatoms. The predicted octanol–water partition coefficient (Wildman–Crippen LogP) is 2.87. The first-order valence-corrected chi connectivity index (χ1v) is 14.2. The van der Waals surface area contributed by atoms with Crippen LogP contribution in [0.5, 0.6) is 0 Å². The number of carbonyl (C=O) groups excluding carboxylic acids is 3. The van der Waals surface area contributed by atoms with E-state index in [1.54, 1.807) is 12.1 Å². The first-order chi connectivity index (χ1) is 18.2. The van der Waals surface area contributed by atoms with Gasteiger partial charge in [-0.25, -0.2) is 9.37 Å². The Morgan fingerprint density at radius 3 is 2.87 bits per heavy atom. The average Bonchev–Trinajstić information content (AvgIpc) is 3.46. The van der Waals surface area contributed by atoms with Crippen molar-refractivity contribution >= 4 is 67.9 Å². The Balaban J connectivity index is 1.59. The summed E-state index contributed by atoms with van der Waals surface area (Å²) in [5, 5.41) is 8.93. The molecule has 0 saturated heterocycles. The van der Waals surface area contributed by atoms with Crippen LogP contribution in [-0.2, 0) is 22.5 Å². The lowest BCUT2D eigenvalue weighted by molar-refractivity contribution is -0.123. The molecular formula is C24H20ClFN6O4S2. The highest BCUT2D eigenvalue weighted by atomic mass is 35.5. The highest BCUT2D eigenvalue weighted by Crippen LogP contribution is 2.36. The summed E-state index contributed by atoms with van der Waals surface area (Å²) >= 11 is 6.39. The van der Waals surface area contributed by atoms with Gasteiger partial charge >= 0.3 is 0 Å². The van der Waals surface area contributed by atoms with Crippen LogP contribution in [0.15, 0.2) is 42.5 Å². The molecule has 0 aliphatic carbocycles. The Morgan fingerprint density at radius 1 is 1.29 bits per heavy atom. The number of anilines is 1. The fraction of sp³-hybridized carbons (Fsp3) is 0.208. The fourth-order valence-corrected chi connectivity index (χ4v) is 5.56. The summed E-state index contributed by atoms with van der Waals surface area (Å²) in [4.78, 5) is 43.4. The fourth-order valence-electron chi connectivity index (χ4n) is 4.17. The van der Waals surface area contributed by atoms with Crippen LogP contribution in [0.2, 0.25) is 5.02 Å². The van der Waals surface area contributed by atoms with E-state index in [9.17, 15) is 23.3 Å². The molecule has 0 saturated carbocycles. The van der Waals surface area contributed by atoms with Crippen molar-refractivity contribution < 1.29 is 23.3 Å². The molecule has 2 atom stereocenters. The van der Waals surface area contributed by atoms with E-state index in [4.69, 9.17) is 11.6 Å². The monoisotopic (exact) mass is 574 g/mol. The van der Waals surface area contributed by atoms with Crippen molar-refractivity contribution in [3.63, 3.8) is 0 Å². The van der Waals surface area contributed by atoms with Crippen LogP contribution in [0, 0.1) is 5.82 Å². The third-order valence-corrected chi connectivity index (χ3v) is 7.81. The van der Waals surface area contributed by atoms with E-state index in [0.29, 0.717) is 5.39 Å². The van der Waals surface area contributed by atoms with Crippen molar-refractivity contribution in [3.05, 3.63) is 76.1 Å². The number of imidazole rings is 1. The van der Waals surface area contributed by atoms with Crippen LogP contribution in [0.3, 0.4) is 0 Å². The maximum Gasteiger partial charge on any atom is 0.287 e. The zero-order valence-electron chi connectivity index (χ0n) is 19.8. The molecule has 3 heterocycles. The van der Waals surface area contributed by atoms with E-state index >= 15 is 0 Å². The molecule has 38 heavy (non-hydrogen) atoms. The lowest BCUT2D eigenvalue weighted by atomic mass is 10.0. The van der Waals surface area contributed by atoms with Crippen LogP contribution in [0.4, 0.5) is 10.2 Å². The zero-order chi connectivity index (χ0) is 27.0. The lowest BCUT2D eigenvalue weighted by Crippen LogP contribution is -2.41. The number of amides is 3. The second-order valence-electron chi connectivity index (χ2n) is 8.44. The SMILES string of the molecule is C[S@+]([O-])CCNC(=O)c1nc(NC(=O)c2nsc3ccccc23)c2n1CC(=O)N[C@H]2c1cc(F)ccc1Cl. The molecule has 0 radical (unpaired) electrons. The number of aromatic nitrogens is 3. The van der Waals surface area contributed by atoms with Crippen molar-refractivity contribution in [1.29, 1.82) is 0 Å². The van der Waals surface area contributed by atoms with Crippen molar-refractivity contribution in [1.82, 2.24) is 24.6 Å². The maximum absolute atomic E-state index is 14.2. The van der Waals surface area contributed by atoms with Gasteiger partial charge in [0.2, 0.25) is 11.7 Å². The molecule has 1 aliphatic rings. The predicted molar refractivity (Wildman–Crippen MR) is 142 cm³/mol. The van der Waals surface area contributed by atoms with Gasteiger partial charge in [-0.3, -0.25) is 14.4 Å².